The lowest BCUT2D eigenvalue weighted by molar-refractivity contribution is 0.260. The van der Waals surface area contributed by atoms with Gasteiger partial charge in [0.15, 0.2) is 0 Å². The fraction of sp³-hybridized carbons (Fsp3) is 0.846. The maximum Gasteiger partial charge on any atom is 0.0252 e. The van der Waals surface area contributed by atoms with Crippen molar-refractivity contribution in [1.82, 2.24) is 0 Å². The molecule has 0 saturated carbocycles. The first-order valence-electron chi connectivity index (χ1n) is 5.91. The molecule has 14 heavy (non-hydrogen) atoms. The smallest absolute Gasteiger partial charge is 0.0252 e. The van der Waals surface area contributed by atoms with E-state index in [1.165, 1.54) is 32.1 Å². The summed E-state index contributed by atoms with van der Waals surface area (Å²) in [5.74, 6) is 0.687. The topological polar surface area (TPSA) is 26.0 Å². The standard InChI is InChI=1S/C13H25N/c1-13(2,3)10-11-8-6-4-5-7-9-12(11)14/h7,9,11-12H,4-6,8,10,14H2,1-3H3/b9-7-. The van der Waals surface area contributed by atoms with Crippen LogP contribution in [0.5, 0.6) is 0 Å². The van der Waals surface area contributed by atoms with E-state index in [9.17, 15) is 0 Å². The highest BCUT2D eigenvalue weighted by Crippen LogP contribution is 2.30. The predicted molar refractivity (Wildman–Crippen MR) is 63.1 cm³/mol. The second kappa shape index (κ2) is 4.97. The van der Waals surface area contributed by atoms with Crippen LogP contribution in [0, 0.1) is 11.3 Å². The van der Waals surface area contributed by atoms with E-state index in [1.807, 2.05) is 0 Å². The first-order chi connectivity index (χ1) is 6.49. The number of nitrogens with two attached hydrogens (primary N) is 1. The van der Waals surface area contributed by atoms with Crippen LogP contribution in [0.1, 0.15) is 52.9 Å². The average Bonchev–Trinajstić information content (AvgIpc) is 2.03. The monoisotopic (exact) mass is 195 g/mol. The minimum atomic E-state index is 0.287. The largest absolute Gasteiger partial charge is 0.324 e. The van der Waals surface area contributed by atoms with Crippen molar-refractivity contribution >= 4 is 0 Å². The zero-order chi connectivity index (χ0) is 10.6. The minimum Gasteiger partial charge on any atom is -0.324 e. The molecule has 1 aliphatic carbocycles. The molecule has 1 nitrogen and oxygen atoms in total. The van der Waals surface area contributed by atoms with Gasteiger partial charge in [-0.25, -0.2) is 0 Å². The lowest BCUT2D eigenvalue weighted by Crippen LogP contribution is -2.31. The molecule has 1 heteroatoms. The maximum absolute atomic E-state index is 6.17. The van der Waals surface area contributed by atoms with Crippen molar-refractivity contribution in [3.05, 3.63) is 12.2 Å². The van der Waals surface area contributed by atoms with Crippen LogP contribution in [-0.4, -0.2) is 6.04 Å². The third kappa shape index (κ3) is 4.28. The van der Waals surface area contributed by atoms with Gasteiger partial charge in [0, 0.05) is 6.04 Å². The lowest BCUT2D eigenvalue weighted by atomic mass is 9.78. The summed E-state index contributed by atoms with van der Waals surface area (Å²) in [5, 5.41) is 0. The Kier molecular flexibility index (Phi) is 4.18. The van der Waals surface area contributed by atoms with E-state index in [4.69, 9.17) is 5.73 Å². The van der Waals surface area contributed by atoms with E-state index >= 15 is 0 Å². The van der Waals surface area contributed by atoms with Crippen LogP contribution >= 0.6 is 0 Å². The van der Waals surface area contributed by atoms with E-state index in [1.54, 1.807) is 0 Å². The van der Waals surface area contributed by atoms with Crippen molar-refractivity contribution in [2.45, 2.75) is 58.9 Å². The molecule has 0 spiro atoms. The Balaban J connectivity index is 2.55. The van der Waals surface area contributed by atoms with Crippen LogP contribution in [0.2, 0.25) is 0 Å². The SMILES string of the molecule is CC(C)(C)CC1CCCC/C=C\C1N. The summed E-state index contributed by atoms with van der Waals surface area (Å²) >= 11 is 0. The molecule has 0 saturated heterocycles. The highest BCUT2D eigenvalue weighted by molar-refractivity contribution is 4.97. The van der Waals surface area contributed by atoms with E-state index in [2.05, 4.69) is 32.9 Å². The first kappa shape index (κ1) is 11.8. The summed E-state index contributed by atoms with van der Waals surface area (Å²) in [6, 6.07) is 0.287. The molecule has 0 amide bonds. The molecule has 0 bridgehead atoms. The van der Waals surface area contributed by atoms with Gasteiger partial charge in [0.2, 0.25) is 0 Å². The van der Waals surface area contributed by atoms with E-state index in [-0.39, 0.29) is 6.04 Å². The molecule has 0 heterocycles. The molecule has 0 fully saturated rings. The first-order valence-corrected chi connectivity index (χ1v) is 5.91. The fourth-order valence-corrected chi connectivity index (χ4v) is 2.30. The normalized spacial score (nSPS) is 32.0. The Morgan fingerprint density at radius 1 is 1.29 bits per heavy atom. The molecular formula is C13H25N. The van der Waals surface area contributed by atoms with Gasteiger partial charge in [-0.3, -0.25) is 0 Å². The van der Waals surface area contributed by atoms with Crippen molar-refractivity contribution < 1.29 is 0 Å². The number of hydrogen-bond acceptors (Lipinski definition) is 1. The Labute approximate surface area is 88.8 Å². The molecule has 0 aromatic rings. The quantitative estimate of drug-likeness (QED) is 0.637. The van der Waals surface area contributed by atoms with E-state index < -0.39 is 0 Å². The molecule has 1 rings (SSSR count). The molecule has 2 atom stereocenters. The summed E-state index contributed by atoms with van der Waals surface area (Å²) in [6.07, 6.45) is 10.9. The van der Waals surface area contributed by atoms with Gasteiger partial charge >= 0.3 is 0 Å². The van der Waals surface area contributed by atoms with Crippen molar-refractivity contribution in [1.29, 1.82) is 0 Å². The third-order valence-corrected chi connectivity index (χ3v) is 2.97. The van der Waals surface area contributed by atoms with Gasteiger partial charge in [0.05, 0.1) is 0 Å². The van der Waals surface area contributed by atoms with Crippen molar-refractivity contribution in [3.8, 4) is 0 Å². The average molecular weight is 195 g/mol. The second-order valence-corrected chi connectivity index (χ2v) is 5.81. The number of allylic oxidation sites excluding steroid dienone is 1. The Bertz CT molecular complexity index is 188. The summed E-state index contributed by atoms with van der Waals surface area (Å²) in [6.45, 7) is 6.92. The molecule has 0 aromatic heterocycles. The lowest BCUT2D eigenvalue weighted by Gasteiger charge is -2.30. The zero-order valence-electron chi connectivity index (χ0n) is 9.92. The molecule has 1 aliphatic rings. The van der Waals surface area contributed by atoms with Crippen LogP contribution in [-0.2, 0) is 0 Å². The van der Waals surface area contributed by atoms with Crippen LogP contribution in [0.25, 0.3) is 0 Å². The highest BCUT2D eigenvalue weighted by atomic mass is 14.6. The molecule has 0 aromatic carbocycles. The maximum atomic E-state index is 6.17. The van der Waals surface area contributed by atoms with Gasteiger partial charge < -0.3 is 5.73 Å². The second-order valence-electron chi connectivity index (χ2n) is 5.81. The van der Waals surface area contributed by atoms with Crippen LogP contribution in [0.3, 0.4) is 0 Å². The van der Waals surface area contributed by atoms with Crippen molar-refractivity contribution in [2.24, 2.45) is 17.1 Å². The van der Waals surface area contributed by atoms with Gasteiger partial charge in [-0.15, -0.1) is 0 Å². The molecule has 0 radical (unpaired) electrons. The van der Waals surface area contributed by atoms with Gasteiger partial charge in [0.25, 0.3) is 0 Å². The summed E-state index contributed by atoms with van der Waals surface area (Å²) < 4.78 is 0. The van der Waals surface area contributed by atoms with Crippen molar-refractivity contribution in [2.75, 3.05) is 0 Å². The summed E-state index contributed by atoms with van der Waals surface area (Å²) in [5.41, 5.74) is 6.58. The van der Waals surface area contributed by atoms with Gasteiger partial charge in [-0.2, -0.15) is 0 Å². The molecule has 2 N–H and O–H groups in total. The van der Waals surface area contributed by atoms with Crippen LogP contribution < -0.4 is 5.73 Å². The van der Waals surface area contributed by atoms with Crippen molar-refractivity contribution in [3.63, 3.8) is 0 Å². The minimum absolute atomic E-state index is 0.287. The van der Waals surface area contributed by atoms with E-state index in [0.29, 0.717) is 11.3 Å². The predicted octanol–water partition coefficient (Wildman–Crippen LogP) is 3.50. The molecule has 82 valence electrons. The Hall–Kier alpha value is -0.300. The van der Waals surface area contributed by atoms with Gasteiger partial charge in [-0.1, -0.05) is 39.3 Å². The van der Waals surface area contributed by atoms with Crippen LogP contribution in [0.15, 0.2) is 12.2 Å². The third-order valence-electron chi connectivity index (χ3n) is 2.97. The zero-order valence-corrected chi connectivity index (χ0v) is 9.92. The van der Waals surface area contributed by atoms with Gasteiger partial charge in [-0.05, 0) is 37.0 Å². The highest BCUT2D eigenvalue weighted by Gasteiger charge is 2.22. The number of rotatable bonds is 1. The fourth-order valence-electron chi connectivity index (χ4n) is 2.30. The Morgan fingerprint density at radius 3 is 2.64 bits per heavy atom. The Morgan fingerprint density at radius 2 is 2.00 bits per heavy atom. The molecule has 0 aliphatic heterocycles. The summed E-state index contributed by atoms with van der Waals surface area (Å²) in [4.78, 5) is 0. The number of hydrogen-bond donors (Lipinski definition) is 1. The van der Waals surface area contributed by atoms with E-state index in [0.717, 1.165) is 0 Å². The van der Waals surface area contributed by atoms with Gasteiger partial charge in [0.1, 0.15) is 0 Å². The van der Waals surface area contributed by atoms with Crippen LogP contribution in [0.4, 0.5) is 0 Å². The molecular weight excluding hydrogens is 170 g/mol. The summed E-state index contributed by atoms with van der Waals surface area (Å²) in [7, 11) is 0. The molecule has 2 unspecified atom stereocenters.